The third-order valence-electron chi connectivity index (χ3n) is 6.33. The molecule has 2 aliphatic heterocycles. The van der Waals surface area contributed by atoms with Crippen LogP contribution in [-0.4, -0.2) is 46.5 Å². The number of hydrogen-bond acceptors (Lipinski definition) is 4. The summed E-state index contributed by atoms with van der Waals surface area (Å²) in [5, 5.41) is 1.29. The van der Waals surface area contributed by atoms with Crippen LogP contribution in [0, 0.1) is 23.7 Å². The summed E-state index contributed by atoms with van der Waals surface area (Å²) < 4.78 is 0. The normalized spacial score (nSPS) is 32.5. The first-order valence-corrected chi connectivity index (χ1v) is 10.5. The van der Waals surface area contributed by atoms with Crippen LogP contribution in [0.1, 0.15) is 38.5 Å². The Hall–Kier alpha value is -1.66. The van der Waals surface area contributed by atoms with Crippen molar-refractivity contribution in [3.8, 4) is 0 Å². The molecule has 0 spiro atoms. The number of unbranched alkanes of at least 4 members (excludes halogenated alkanes) is 1. The Morgan fingerprint density at radius 2 is 1.04 bits per heavy atom. The summed E-state index contributed by atoms with van der Waals surface area (Å²) in [5.74, 6) is -1.83. The van der Waals surface area contributed by atoms with Gasteiger partial charge in [-0.05, 0) is 38.5 Å². The fourth-order valence-corrected chi connectivity index (χ4v) is 5.28. The molecule has 0 unspecified atom stereocenters. The van der Waals surface area contributed by atoms with E-state index in [1.165, 1.54) is 9.80 Å². The number of amides is 4. The van der Waals surface area contributed by atoms with Gasteiger partial charge in [-0.25, -0.2) is 0 Å². The zero-order valence-electron chi connectivity index (χ0n) is 15.4. The van der Waals surface area contributed by atoms with Crippen LogP contribution in [0.15, 0.2) is 22.2 Å². The molecule has 150 valence electrons. The van der Waals surface area contributed by atoms with Gasteiger partial charge in [0.05, 0.1) is 23.7 Å². The number of nitrogens with zero attached hydrogens (tertiary/aromatic N) is 2. The summed E-state index contributed by atoms with van der Waals surface area (Å²) in [6, 6.07) is 0. The van der Waals surface area contributed by atoms with Crippen molar-refractivity contribution in [2.24, 2.45) is 23.7 Å². The molecule has 0 N–H and O–H groups in total. The molecule has 2 aliphatic carbocycles. The van der Waals surface area contributed by atoms with E-state index in [9.17, 15) is 19.2 Å². The molecule has 0 aromatic carbocycles. The van der Waals surface area contributed by atoms with Crippen molar-refractivity contribution in [3.05, 3.63) is 22.2 Å². The Morgan fingerprint density at radius 3 is 1.43 bits per heavy atom. The van der Waals surface area contributed by atoms with Crippen LogP contribution in [-0.2, 0) is 19.2 Å². The quantitative estimate of drug-likeness (QED) is 0.502. The first-order valence-electron chi connectivity index (χ1n) is 9.78. The first kappa shape index (κ1) is 19.6. The van der Waals surface area contributed by atoms with E-state index in [-0.39, 0.29) is 47.3 Å². The second kappa shape index (κ2) is 7.64. The van der Waals surface area contributed by atoms with Gasteiger partial charge in [-0.15, -0.1) is 0 Å². The molecule has 0 radical (unpaired) electrons. The van der Waals surface area contributed by atoms with Gasteiger partial charge in [0, 0.05) is 23.2 Å². The number of halogens is 2. The minimum atomic E-state index is -0.341. The number of hydrogen-bond donors (Lipinski definition) is 0. The molecule has 0 aromatic rings. The van der Waals surface area contributed by atoms with Crippen LogP contribution in [0.4, 0.5) is 0 Å². The topological polar surface area (TPSA) is 74.8 Å². The van der Waals surface area contributed by atoms with Crippen LogP contribution >= 0.6 is 23.2 Å². The van der Waals surface area contributed by atoms with Crippen molar-refractivity contribution in [3.63, 3.8) is 0 Å². The predicted octanol–water partition coefficient (Wildman–Crippen LogP) is 2.80. The maximum Gasteiger partial charge on any atom is 0.233 e. The number of carbonyl (C=O) groups excluding carboxylic acids is 4. The van der Waals surface area contributed by atoms with E-state index >= 15 is 0 Å². The lowest BCUT2D eigenvalue weighted by Gasteiger charge is -2.17. The van der Waals surface area contributed by atoms with E-state index in [1.807, 2.05) is 12.2 Å². The van der Waals surface area contributed by atoms with Crippen LogP contribution in [0.3, 0.4) is 0 Å². The molecule has 2 saturated heterocycles. The highest BCUT2D eigenvalue weighted by Crippen LogP contribution is 2.40. The third-order valence-corrected chi connectivity index (χ3v) is 6.95. The summed E-state index contributed by atoms with van der Waals surface area (Å²) in [6.45, 7) is 0.636. The van der Waals surface area contributed by atoms with Gasteiger partial charge in [0.15, 0.2) is 0 Å². The summed E-state index contributed by atoms with van der Waals surface area (Å²) in [4.78, 5) is 52.7. The Balaban J connectivity index is 1.29. The maximum absolute atomic E-state index is 12.5. The molecule has 0 bridgehead atoms. The SMILES string of the molecule is O=C1[C@H]2CC=C(Cl)C[C@@H]2C(=O)N1CCCCN1C(=O)[C@H]2CC(Cl)=CC[C@H]2C1=O. The van der Waals surface area contributed by atoms with Crippen LogP contribution < -0.4 is 0 Å². The van der Waals surface area contributed by atoms with E-state index < -0.39 is 0 Å². The standard InChI is InChI=1S/C20H22Cl2N2O4/c21-11-3-5-13-15(9-11)19(27)23(17(13)25)7-1-2-8-24-18(26)14-6-4-12(22)10-16(14)20(24)28/h3-4,13-16H,1-2,5-10H2/t13-,14+,15-,16-/m0/s1. The predicted molar refractivity (Wildman–Crippen MR) is 103 cm³/mol. The minimum absolute atomic E-state index is 0.129. The lowest BCUT2D eigenvalue weighted by Crippen LogP contribution is -2.34. The molecule has 4 amide bonds. The van der Waals surface area contributed by atoms with Gasteiger partial charge in [0.2, 0.25) is 23.6 Å². The zero-order chi connectivity index (χ0) is 20.0. The Kier molecular flexibility index (Phi) is 5.36. The van der Waals surface area contributed by atoms with Gasteiger partial charge in [-0.2, -0.15) is 0 Å². The van der Waals surface area contributed by atoms with Crippen molar-refractivity contribution in [2.75, 3.05) is 13.1 Å². The summed E-state index contributed by atoms with van der Waals surface area (Å²) in [7, 11) is 0. The lowest BCUT2D eigenvalue weighted by atomic mass is 9.85. The molecule has 0 aromatic heterocycles. The van der Waals surface area contributed by atoms with E-state index in [1.54, 1.807) is 0 Å². The van der Waals surface area contributed by atoms with Crippen molar-refractivity contribution in [1.82, 2.24) is 9.80 Å². The molecule has 2 heterocycles. The largest absolute Gasteiger partial charge is 0.282 e. The molecule has 28 heavy (non-hydrogen) atoms. The average molecular weight is 425 g/mol. The molecule has 4 rings (SSSR count). The monoisotopic (exact) mass is 424 g/mol. The highest BCUT2D eigenvalue weighted by atomic mass is 35.5. The van der Waals surface area contributed by atoms with Crippen molar-refractivity contribution >= 4 is 46.8 Å². The van der Waals surface area contributed by atoms with Crippen LogP contribution in [0.25, 0.3) is 0 Å². The Bertz CT molecular complexity index is 740. The van der Waals surface area contributed by atoms with Crippen LogP contribution in [0.5, 0.6) is 0 Å². The summed E-state index contributed by atoms with van der Waals surface area (Å²) >= 11 is 12.1. The second-order valence-corrected chi connectivity index (χ2v) is 8.94. The van der Waals surface area contributed by atoms with Gasteiger partial charge in [-0.3, -0.25) is 29.0 Å². The fraction of sp³-hybridized carbons (Fsp3) is 0.600. The third kappa shape index (κ3) is 3.30. The van der Waals surface area contributed by atoms with E-state index in [2.05, 4.69) is 0 Å². The maximum atomic E-state index is 12.5. The Labute approximate surface area is 173 Å². The lowest BCUT2D eigenvalue weighted by molar-refractivity contribution is -0.142. The van der Waals surface area contributed by atoms with Gasteiger partial charge >= 0.3 is 0 Å². The van der Waals surface area contributed by atoms with Crippen LogP contribution in [0.2, 0.25) is 0 Å². The average Bonchev–Trinajstić information content (AvgIpc) is 3.04. The van der Waals surface area contributed by atoms with E-state index in [0.29, 0.717) is 61.7 Å². The summed E-state index contributed by atoms with van der Waals surface area (Å²) in [6.07, 6.45) is 6.66. The smallest absolute Gasteiger partial charge is 0.233 e. The minimum Gasteiger partial charge on any atom is -0.282 e. The second-order valence-electron chi connectivity index (χ2n) is 7.97. The number of imide groups is 2. The number of fused-ring (bicyclic) bond motifs is 2. The van der Waals surface area contributed by atoms with E-state index in [0.717, 1.165) is 0 Å². The highest BCUT2D eigenvalue weighted by molar-refractivity contribution is 6.30. The zero-order valence-corrected chi connectivity index (χ0v) is 16.9. The van der Waals surface area contributed by atoms with Crippen molar-refractivity contribution < 1.29 is 19.2 Å². The fourth-order valence-electron chi connectivity index (χ4n) is 4.77. The highest BCUT2D eigenvalue weighted by Gasteiger charge is 2.49. The number of likely N-dealkylation sites (tertiary alicyclic amines) is 2. The molecule has 8 heteroatoms. The Morgan fingerprint density at radius 1 is 0.679 bits per heavy atom. The molecular formula is C20H22Cl2N2O4. The number of rotatable bonds is 5. The van der Waals surface area contributed by atoms with E-state index in [4.69, 9.17) is 23.2 Å². The molecule has 4 aliphatic rings. The molecule has 2 fully saturated rings. The number of carbonyl (C=O) groups is 4. The molecular weight excluding hydrogens is 403 g/mol. The summed E-state index contributed by atoms with van der Waals surface area (Å²) in [5.41, 5.74) is 0. The number of allylic oxidation sites excluding steroid dienone is 4. The van der Waals surface area contributed by atoms with Gasteiger partial charge in [0.1, 0.15) is 0 Å². The first-order chi connectivity index (χ1) is 13.4. The van der Waals surface area contributed by atoms with Gasteiger partial charge < -0.3 is 0 Å². The van der Waals surface area contributed by atoms with Gasteiger partial charge in [0.25, 0.3) is 0 Å². The molecule has 6 nitrogen and oxygen atoms in total. The van der Waals surface area contributed by atoms with Crippen molar-refractivity contribution in [2.45, 2.75) is 38.5 Å². The molecule has 0 saturated carbocycles. The van der Waals surface area contributed by atoms with Crippen molar-refractivity contribution in [1.29, 1.82) is 0 Å². The molecule has 4 atom stereocenters. The van der Waals surface area contributed by atoms with Gasteiger partial charge in [-0.1, -0.05) is 35.4 Å².